The molecule has 1 heterocycles. The molecule has 22 heavy (non-hydrogen) atoms. The van der Waals surface area contributed by atoms with E-state index in [-0.39, 0.29) is 41.9 Å². The Hall–Kier alpha value is -2.17. The van der Waals surface area contributed by atoms with Crippen LogP contribution in [0.15, 0.2) is 24.3 Å². The highest BCUT2D eigenvalue weighted by molar-refractivity contribution is 6.21. The van der Waals surface area contributed by atoms with Crippen LogP contribution in [0.5, 0.6) is 0 Å². The molecule has 0 radical (unpaired) electrons. The first-order valence-corrected chi connectivity index (χ1v) is 7.59. The van der Waals surface area contributed by atoms with Gasteiger partial charge < -0.3 is 5.32 Å². The van der Waals surface area contributed by atoms with Crippen molar-refractivity contribution in [1.82, 2.24) is 0 Å². The molecule has 3 amide bonds. The van der Waals surface area contributed by atoms with Crippen molar-refractivity contribution in [1.29, 1.82) is 0 Å². The summed E-state index contributed by atoms with van der Waals surface area (Å²) in [5, 5.41) is 2.78. The van der Waals surface area contributed by atoms with Gasteiger partial charge in [-0.25, -0.2) is 0 Å². The molecule has 0 saturated carbocycles. The summed E-state index contributed by atoms with van der Waals surface area (Å²) in [7, 11) is 0. The van der Waals surface area contributed by atoms with Gasteiger partial charge in [0.25, 0.3) is 0 Å². The van der Waals surface area contributed by atoms with Crippen LogP contribution in [0.4, 0.5) is 11.4 Å². The molecule has 1 N–H and O–H groups in total. The maximum Gasteiger partial charge on any atom is 0.237 e. The summed E-state index contributed by atoms with van der Waals surface area (Å²) in [6, 6.07) is 6.79. The van der Waals surface area contributed by atoms with E-state index in [0.29, 0.717) is 11.4 Å². The highest BCUT2D eigenvalue weighted by Crippen LogP contribution is 2.31. The summed E-state index contributed by atoms with van der Waals surface area (Å²) >= 11 is 0. The number of anilines is 2. The molecule has 118 valence electrons. The van der Waals surface area contributed by atoms with E-state index in [1.807, 2.05) is 27.7 Å². The number of amides is 3. The first-order chi connectivity index (χ1) is 10.3. The van der Waals surface area contributed by atoms with Crippen LogP contribution < -0.4 is 10.2 Å². The van der Waals surface area contributed by atoms with Gasteiger partial charge >= 0.3 is 0 Å². The van der Waals surface area contributed by atoms with Crippen LogP contribution in [0, 0.1) is 17.8 Å². The number of carbonyl (C=O) groups excluding carboxylic acids is 3. The highest BCUT2D eigenvalue weighted by Gasteiger charge is 2.40. The van der Waals surface area contributed by atoms with E-state index < -0.39 is 0 Å². The maximum atomic E-state index is 12.3. The third-order valence-electron chi connectivity index (χ3n) is 3.90. The van der Waals surface area contributed by atoms with Gasteiger partial charge in [0.1, 0.15) is 0 Å². The Labute approximate surface area is 130 Å². The number of hydrogen-bond acceptors (Lipinski definition) is 3. The molecule has 0 aliphatic carbocycles. The quantitative estimate of drug-likeness (QED) is 0.870. The second kappa shape index (κ2) is 6.30. The number of hydrogen-bond donors (Lipinski definition) is 1. The van der Waals surface area contributed by atoms with E-state index in [4.69, 9.17) is 0 Å². The molecule has 0 spiro atoms. The fourth-order valence-electron chi connectivity index (χ4n) is 2.43. The molecule has 1 aromatic carbocycles. The Morgan fingerprint density at radius 2 is 1.73 bits per heavy atom. The topological polar surface area (TPSA) is 66.5 Å². The van der Waals surface area contributed by atoms with Crippen molar-refractivity contribution < 1.29 is 14.4 Å². The van der Waals surface area contributed by atoms with Gasteiger partial charge in [0.05, 0.1) is 11.6 Å². The van der Waals surface area contributed by atoms with Crippen molar-refractivity contribution in [3.05, 3.63) is 24.3 Å². The van der Waals surface area contributed by atoms with Crippen molar-refractivity contribution >= 4 is 29.1 Å². The Morgan fingerprint density at radius 1 is 1.14 bits per heavy atom. The molecule has 1 atom stereocenters. The van der Waals surface area contributed by atoms with E-state index in [2.05, 4.69) is 5.32 Å². The first-order valence-electron chi connectivity index (χ1n) is 7.59. The van der Waals surface area contributed by atoms with Crippen molar-refractivity contribution in [2.45, 2.75) is 34.1 Å². The lowest BCUT2D eigenvalue weighted by molar-refractivity contribution is -0.123. The van der Waals surface area contributed by atoms with Gasteiger partial charge in [-0.1, -0.05) is 27.7 Å². The van der Waals surface area contributed by atoms with Crippen molar-refractivity contribution in [3.63, 3.8) is 0 Å². The zero-order valence-electron chi connectivity index (χ0n) is 13.4. The van der Waals surface area contributed by atoms with Gasteiger partial charge in [-0.15, -0.1) is 0 Å². The Kier molecular flexibility index (Phi) is 4.64. The first kappa shape index (κ1) is 16.2. The SMILES string of the molecule is CC(C)C(=O)Nc1ccc(N2C(=O)CC(C(C)C)C2=O)cc1. The number of nitrogens with zero attached hydrogens (tertiary/aromatic N) is 1. The molecule has 1 saturated heterocycles. The van der Waals surface area contributed by atoms with Gasteiger partial charge in [-0.05, 0) is 30.2 Å². The molecule has 5 heteroatoms. The summed E-state index contributed by atoms with van der Waals surface area (Å²) in [5.41, 5.74) is 1.21. The van der Waals surface area contributed by atoms with E-state index in [9.17, 15) is 14.4 Å². The molecule has 1 aliphatic rings. The van der Waals surface area contributed by atoms with Crippen molar-refractivity contribution in [2.24, 2.45) is 17.8 Å². The number of carbonyl (C=O) groups is 3. The number of benzene rings is 1. The van der Waals surface area contributed by atoms with Crippen LogP contribution in [0.1, 0.15) is 34.1 Å². The van der Waals surface area contributed by atoms with Gasteiger partial charge in [0.2, 0.25) is 17.7 Å². The predicted octanol–water partition coefficient (Wildman–Crippen LogP) is 2.82. The fraction of sp³-hybridized carbons (Fsp3) is 0.471. The van der Waals surface area contributed by atoms with E-state index >= 15 is 0 Å². The van der Waals surface area contributed by atoms with Crippen LogP contribution in [0.25, 0.3) is 0 Å². The van der Waals surface area contributed by atoms with Crippen LogP contribution in [0.3, 0.4) is 0 Å². The summed E-state index contributed by atoms with van der Waals surface area (Å²) < 4.78 is 0. The average molecular weight is 302 g/mol. The monoisotopic (exact) mass is 302 g/mol. The molecule has 1 aromatic rings. The zero-order valence-corrected chi connectivity index (χ0v) is 13.4. The van der Waals surface area contributed by atoms with Gasteiger partial charge in [0.15, 0.2) is 0 Å². The van der Waals surface area contributed by atoms with Gasteiger partial charge in [0, 0.05) is 18.0 Å². The molecular formula is C17H22N2O3. The van der Waals surface area contributed by atoms with E-state index in [0.717, 1.165) is 0 Å². The lowest BCUT2D eigenvalue weighted by atomic mass is 9.94. The largest absolute Gasteiger partial charge is 0.326 e. The Bertz CT molecular complexity index is 590. The minimum atomic E-state index is -0.243. The Morgan fingerprint density at radius 3 is 2.18 bits per heavy atom. The van der Waals surface area contributed by atoms with Crippen LogP contribution >= 0.6 is 0 Å². The molecule has 0 bridgehead atoms. The lowest BCUT2D eigenvalue weighted by Crippen LogP contribution is -2.31. The smallest absolute Gasteiger partial charge is 0.237 e. The molecule has 5 nitrogen and oxygen atoms in total. The normalized spacial score (nSPS) is 18.5. The summed E-state index contributed by atoms with van der Waals surface area (Å²) in [5.74, 6) is -0.574. The molecule has 1 aliphatic heterocycles. The zero-order chi connectivity index (χ0) is 16.4. The van der Waals surface area contributed by atoms with Crippen molar-refractivity contribution in [3.8, 4) is 0 Å². The standard InChI is InChI=1S/C17H22N2O3/c1-10(2)14-9-15(20)19(17(14)22)13-7-5-12(6-8-13)18-16(21)11(3)4/h5-8,10-11,14H,9H2,1-4H3,(H,18,21). The van der Waals surface area contributed by atoms with E-state index in [1.165, 1.54) is 4.90 Å². The van der Waals surface area contributed by atoms with Gasteiger partial charge in [-0.3, -0.25) is 19.3 Å². The molecule has 1 unspecified atom stereocenters. The number of rotatable bonds is 4. The summed E-state index contributed by atoms with van der Waals surface area (Å²) in [6.45, 7) is 7.53. The van der Waals surface area contributed by atoms with Crippen LogP contribution in [0.2, 0.25) is 0 Å². The highest BCUT2D eigenvalue weighted by atomic mass is 16.2. The summed E-state index contributed by atoms with van der Waals surface area (Å²) in [6.07, 6.45) is 0.266. The molecular weight excluding hydrogens is 280 g/mol. The molecule has 1 fully saturated rings. The average Bonchev–Trinajstić information content (AvgIpc) is 2.75. The Balaban J connectivity index is 2.15. The fourth-order valence-corrected chi connectivity index (χ4v) is 2.43. The minimum absolute atomic E-state index is 0.0686. The number of imide groups is 1. The number of nitrogens with one attached hydrogen (secondary N) is 1. The molecule has 2 rings (SSSR count). The van der Waals surface area contributed by atoms with Crippen molar-refractivity contribution in [2.75, 3.05) is 10.2 Å². The second-order valence-corrected chi connectivity index (χ2v) is 6.31. The van der Waals surface area contributed by atoms with E-state index in [1.54, 1.807) is 24.3 Å². The third-order valence-corrected chi connectivity index (χ3v) is 3.90. The van der Waals surface area contributed by atoms with Crippen LogP contribution in [-0.4, -0.2) is 17.7 Å². The second-order valence-electron chi connectivity index (χ2n) is 6.31. The summed E-state index contributed by atoms with van der Waals surface area (Å²) in [4.78, 5) is 37.3. The lowest BCUT2D eigenvalue weighted by Gasteiger charge is -2.17. The minimum Gasteiger partial charge on any atom is -0.326 e. The van der Waals surface area contributed by atoms with Gasteiger partial charge in [-0.2, -0.15) is 0 Å². The van der Waals surface area contributed by atoms with Crippen LogP contribution in [-0.2, 0) is 14.4 Å². The predicted molar refractivity (Wildman–Crippen MR) is 85.3 cm³/mol. The molecule has 0 aromatic heterocycles. The third kappa shape index (κ3) is 3.18. The maximum absolute atomic E-state index is 12.3.